The molecule has 1 aliphatic carbocycles. The maximum absolute atomic E-state index is 11.2. The third-order valence-electron chi connectivity index (χ3n) is 3.97. The molecule has 0 saturated carbocycles. The minimum atomic E-state index is -4.85. The van der Waals surface area contributed by atoms with Gasteiger partial charge in [-0.25, -0.2) is 4.57 Å². The monoisotopic (exact) mass is 369 g/mol. The number of phenols is 1. The summed E-state index contributed by atoms with van der Waals surface area (Å²) < 4.78 is 14.4. The van der Waals surface area contributed by atoms with Crippen molar-refractivity contribution in [2.75, 3.05) is 0 Å². The standard InChI is InChI=1S/C16H20NO7P/c1-2-13(10-4-3-5-11(18)8-10)16(20,21)14-7-6-12(19)9-15(14)17-25(22,23)24/h3-9,13-14,18-21H,2H2,1H3,(H2,22,23,24)/b17-15+. The number of hydrogen-bond donors (Lipinski definition) is 6. The van der Waals surface area contributed by atoms with Gasteiger partial charge in [-0.1, -0.05) is 25.1 Å². The van der Waals surface area contributed by atoms with Crippen LogP contribution < -0.4 is 0 Å². The Bertz CT molecular complexity index is 778. The summed E-state index contributed by atoms with van der Waals surface area (Å²) in [5.41, 5.74) is 0.0899. The molecule has 8 nitrogen and oxygen atoms in total. The highest BCUT2D eigenvalue weighted by atomic mass is 31.2. The number of hydrogen-bond acceptors (Lipinski definition) is 5. The van der Waals surface area contributed by atoms with E-state index in [0.29, 0.717) is 5.56 Å². The zero-order chi connectivity index (χ0) is 18.8. The van der Waals surface area contributed by atoms with Crippen LogP contribution >= 0.6 is 7.75 Å². The average Bonchev–Trinajstić information content (AvgIpc) is 2.45. The van der Waals surface area contributed by atoms with Crippen molar-refractivity contribution < 1.29 is 34.8 Å². The van der Waals surface area contributed by atoms with Crippen molar-refractivity contribution in [3.05, 3.63) is 53.8 Å². The lowest BCUT2D eigenvalue weighted by atomic mass is 9.77. The SMILES string of the molecule is CCC(c1cccc(O)c1)C(O)(O)C1C=CC(O)=C/C1=N\P(=O)(O)O. The predicted molar refractivity (Wildman–Crippen MR) is 91.1 cm³/mol. The van der Waals surface area contributed by atoms with Gasteiger partial charge in [-0.3, -0.25) is 0 Å². The van der Waals surface area contributed by atoms with Crippen molar-refractivity contribution >= 4 is 13.5 Å². The largest absolute Gasteiger partial charge is 0.508 e. The number of aliphatic hydroxyl groups is 3. The van der Waals surface area contributed by atoms with Crippen LogP contribution in [0.1, 0.15) is 24.8 Å². The lowest BCUT2D eigenvalue weighted by molar-refractivity contribution is -0.192. The fourth-order valence-electron chi connectivity index (χ4n) is 2.92. The van der Waals surface area contributed by atoms with Gasteiger partial charge in [0.15, 0.2) is 5.79 Å². The van der Waals surface area contributed by atoms with Gasteiger partial charge in [0, 0.05) is 12.0 Å². The molecule has 0 saturated heterocycles. The highest BCUT2D eigenvalue weighted by Gasteiger charge is 2.44. The van der Waals surface area contributed by atoms with Crippen LogP contribution in [-0.4, -0.2) is 41.7 Å². The molecule has 25 heavy (non-hydrogen) atoms. The summed E-state index contributed by atoms with van der Waals surface area (Å²) in [6, 6.07) is 5.98. The van der Waals surface area contributed by atoms with Crippen LogP contribution in [0.3, 0.4) is 0 Å². The Hall–Kier alpha value is -1.96. The van der Waals surface area contributed by atoms with Crippen molar-refractivity contribution in [1.29, 1.82) is 0 Å². The second kappa shape index (κ2) is 7.11. The number of aliphatic hydroxyl groups excluding tert-OH is 1. The maximum Gasteiger partial charge on any atom is 0.448 e. The van der Waals surface area contributed by atoms with Crippen LogP contribution in [-0.2, 0) is 4.57 Å². The van der Waals surface area contributed by atoms with Crippen molar-refractivity contribution in [1.82, 2.24) is 0 Å². The first-order valence-corrected chi connectivity index (χ1v) is 9.09. The average molecular weight is 369 g/mol. The Kier molecular flexibility index (Phi) is 5.51. The molecular formula is C16H20NO7P. The third-order valence-corrected chi connectivity index (χ3v) is 4.46. The van der Waals surface area contributed by atoms with Crippen LogP contribution in [0.4, 0.5) is 0 Å². The molecule has 6 N–H and O–H groups in total. The van der Waals surface area contributed by atoms with E-state index in [1.54, 1.807) is 19.1 Å². The van der Waals surface area contributed by atoms with Crippen molar-refractivity contribution in [3.63, 3.8) is 0 Å². The second-order valence-electron chi connectivity index (χ2n) is 5.78. The zero-order valence-electron chi connectivity index (χ0n) is 13.4. The second-order valence-corrected chi connectivity index (χ2v) is 7.01. The summed E-state index contributed by atoms with van der Waals surface area (Å²) in [5, 5.41) is 40.7. The Morgan fingerprint density at radius 1 is 1.28 bits per heavy atom. The quantitative estimate of drug-likeness (QED) is 0.342. The van der Waals surface area contributed by atoms with Gasteiger partial charge >= 0.3 is 7.75 Å². The fourth-order valence-corrected chi connectivity index (χ4v) is 3.41. The molecule has 0 heterocycles. The van der Waals surface area contributed by atoms with Gasteiger partial charge in [-0.2, -0.15) is 4.76 Å². The minimum Gasteiger partial charge on any atom is -0.508 e. The first-order valence-electron chi connectivity index (χ1n) is 7.52. The molecule has 9 heteroatoms. The summed E-state index contributed by atoms with van der Waals surface area (Å²) in [6.07, 6.45) is 3.65. The molecule has 136 valence electrons. The van der Waals surface area contributed by atoms with E-state index in [1.807, 2.05) is 0 Å². The summed E-state index contributed by atoms with van der Waals surface area (Å²) in [4.78, 5) is 18.2. The van der Waals surface area contributed by atoms with Gasteiger partial charge < -0.3 is 30.2 Å². The normalized spacial score (nSPS) is 21.2. The molecule has 0 fully saturated rings. The molecule has 2 atom stereocenters. The highest BCUT2D eigenvalue weighted by molar-refractivity contribution is 7.50. The topological polar surface area (TPSA) is 151 Å². The van der Waals surface area contributed by atoms with Crippen molar-refractivity contribution in [2.45, 2.75) is 25.0 Å². The number of allylic oxidation sites excluding steroid dienone is 2. The number of phenolic OH excluding ortho intramolecular Hbond substituents is 1. The van der Waals surface area contributed by atoms with E-state index in [9.17, 15) is 25.0 Å². The molecular weight excluding hydrogens is 349 g/mol. The third kappa shape index (κ3) is 4.56. The first kappa shape index (κ1) is 19.4. The molecule has 0 aromatic heterocycles. The predicted octanol–water partition coefficient (Wildman–Crippen LogP) is 1.73. The summed E-state index contributed by atoms with van der Waals surface area (Å²) >= 11 is 0. The fraction of sp³-hybridized carbons (Fsp3) is 0.312. The van der Waals surface area contributed by atoms with Gasteiger partial charge in [-0.15, -0.1) is 0 Å². The van der Waals surface area contributed by atoms with Crippen LogP contribution in [0.5, 0.6) is 5.75 Å². The Morgan fingerprint density at radius 2 is 1.96 bits per heavy atom. The highest BCUT2D eigenvalue weighted by Crippen LogP contribution is 2.42. The van der Waals surface area contributed by atoms with E-state index in [1.165, 1.54) is 24.3 Å². The Balaban J connectivity index is 2.49. The molecule has 0 bridgehead atoms. The molecule has 0 aliphatic heterocycles. The van der Waals surface area contributed by atoms with Crippen LogP contribution in [0, 0.1) is 5.92 Å². The van der Waals surface area contributed by atoms with E-state index in [4.69, 9.17) is 9.79 Å². The van der Waals surface area contributed by atoms with Crippen molar-refractivity contribution in [2.24, 2.45) is 10.7 Å². The van der Waals surface area contributed by atoms with E-state index >= 15 is 0 Å². The lowest BCUT2D eigenvalue weighted by Gasteiger charge is -2.37. The molecule has 2 unspecified atom stereocenters. The lowest BCUT2D eigenvalue weighted by Crippen LogP contribution is -2.46. The molecule has 0 spiro atoms. The van der Waals surface area contributed by atoms with E-state index in [2.05, 4.69) is 4.76 Å². The molecule has 1 aromatic rings. The van der Waals surface area contributed by atoms with E-state index in [-0.39, 0.29) is 23.6 Å². The molecule has 0 amide bonds. The summed E-state index contributed by atoms with van der Waals surface area (Å²) in [5.74, 6) is -5.00. The summed E-state index contributed by atoms with van der Waals surface area (Å²) in [7, 11) is -4.85. The Labute approximate surface area is 144 Å². The molecule has 1 aromatic carbocycles. The number of aromatic hydroxyl groups is 1. The first-order chi connectivity index (χ1) is 11.5. The number of nitrogens with zero attached hydrogens (tertiary/aromatic N) is 1. The Morgan fingerprint density at radius 3 is 2.52 bits per heavy atom. The van der Waals surface area contributed by atoms with E-state index < -0.39 is 25.4 Å². The van der Waals surface area contributed by atoms with Crippen LogP contribution in [0.25, 0.3) is 0 Å². The van der Waals surface area contributed by atoms with Gasteiger partial charge in [0.25, 0.3) is 0 Å². The maximum atomic E-state index is 11.2. The van der Waals surface area contributed by atoms with Crippen LogP contribution in [0.15, 0.2) is 53.0 Å². The molecule has 2 rings (SSSR count). The van der Waals surface area contributed by atoms with Gasteiger partial charge in [-0.05, 0) is 30.2 Å². The zero-order valence-corrected chi connectivity index (χ0v) is 14.3. The molecule has 0 radical (unpaired) electrons. The summed E-state index contributed by atoms with van der Waals surface area (Å²) in [6.45, 7) is 1.70. The molecule has 1 aliphatic rings. The number of rotatable bonds is 5. The van der Waals surface area contributed by atoms with Crippen LogP contribution in [0.2, 0.25) is 0 Å². The van der Waals surface area contributed by atoms with Crippen molar-refractivity contribution in [3.8, 4) is 5.75 Å². The smallest absolute Gasteiger partial charge is 0.448 e. The minimum absolute atomic E-state index is 0.0485. The van der Waals surface area contributed by atoms with Gasteiger partial charge in [0.05, 0.1) is 11.6 Å². The van der Waals surface area contributed by atoms with E-state index in [0.717, 1.165) is 6.08 Å². The van der Waals surface area contributed by atoms with Gasteiger partial charge in [0.1, 0.15) is 11.5 Å². The number of benzene rings is 1. The van der Waals surface area contributed by atoms with Gasteiger partial charge in [0.2, 0.25) is 0 Å².